The maximum atomic E-state index is 4.60. The first kappa shape index (κ1) is 12.7. The van der Waals surface area contributed by atoms with Gasteiger partial charge in [-0.15, -0.1) is 11.3 Å². The van der Waals surface area contributed by atoms with E-state index in [1.54, 1.807) is 11.3 Å². The molecule has 3 heteroatoms. The van der Waals surface area contributed by atoms with Crippen LogP contribution in [0.15, 0.2) is 23.6 Å². The van der Waals surface area contributed by atoms with Crippen molar-refractivity contribution < 1.29 is 0 Å². The fourth-order valence-corrected chi connectivity index (χ4v) is 2.92. The van der Waals surface area contributed by atoms with E-state index < -0.39 is 0 Å². The highest BCUT2D eigenvalue weighted by Gasteiger charge is 2.09. The van der Waals surface area contributed by atoms with Gasteiger partial charge in [-0.3, -0.25) is 0 Å². The number of rotatable bonds is 3. The molecule has 1 heterocycles. The summed E-state index contributed by atoms with van der Waals surface area (Å²) < 4.78 is 0. The number of hydrogen-bond donors (Lipinski definition) is 1. The minimum Gasteiger partial charge on any atom is -0.240 e. The first-order valence-corrected chi connectivity index (χ1v) is 7.29. The Morgan fingerprint density at radius 1 is 1.35 bits per heavy atom. The Hall–Kier alpha value is -0.800. The SMILES string of the molecule is Cc1ccc(C(C)C)cc1-c1nc(CS)cs1. The van der Waals surface area contributed by atoms with Gasteiger partial charge in [-0.1, -0.05) is 26.0 Å². The van der Waals surface area contributed by atoms with Crippen LogP contribution in [0.5, 0.6) is 0 Å². The number of thiol groups is 1. The molecule has 0 atom stereocenters. The first-order chi connectivity index (χ1) is 8.11. The van der Waals surface area contributed by atoms with Gasteiger partial charge in [0.2, 0.25) is 0 Å². The summed E-state index contributed by atoms with van der Waals surface area (Å²) in [6, 6.07) is 6.66. The maximum Gasteiger partial charge on any atom is 0.123 e. The summed E-state index contributed by atoms with van der Waals surface area (Å²) in [5, 5.41) is 3.19. The predicted octanol–water partition coefficient (Wildman–Crippen LogP) is 4.67. The van der Waals surface area contributed by atoms with Crippen molar-refractivity contribution in [1.82, 2.24) is 4.98 Å². The van der Waals surface area contributed by atoms with Gasteiger partial charge < -0.3 is 0 Å². The number of benzene rings is 1. The topological polar surface area (TPSA) is 12.9 Å². The maximum absolute atomic E-state index is 4.60. The lowest BCUT2D eigenvalue weighted by atomic mass is 9.98. The van der Waals surface area contributed by atoms with Crippen molar-refractivity contribution in [3.63, 3.8) is 0 Å². The van der Waals surface area contributed by atoms with Gasteiger partial charge in [0.15, 0.2) is 0 Å². The van der Waals surface area contributed by atoms with Gasteiger partial charge in [0.1, 0.15) is 5.01 Å². The van der Waals surface area contributed by atoms with Crippen molar-refractivity contribution in [3.05, 3.63) is 40.4 Å². The van der Waals surface area contributed by atoms with Crippen LogP contribution >= 0.6 is 24.0 Å². The number of aryl methyl sites for hydroxylation is 1. The Balaban J connectivity index is 2.46. The van der Waals surface area contributed by atoms with Crippen molar-refractivity contribution in [2.45, 2.75) is 32.4 Å². The molecule has 0 N–H and O–H groups in total. The highest BCUT2D eigenvalue weighted by atomic mass is 32.1. The molecular formula is C14H17NS2. The summed E-state index contributed by atoms with van der Waals surface area (Å²) in [5.41, 5.74) is 4.97. The van der Waals surface area contributed by atoms with E-state index in [0.717, 1.165) is 10.7 Å². The number of hydrogen-bond acceptors (Lipinski definition) is 3. The molecule has 0 aliphatic heterocycles. The molecule has 0 aliphatic carbocycles. The molecule has 0 bridgehead atoms. The van der Waals surface area contributed by atoms with Crippen LogP contribution in [-0.4, -0.2) is 4.98 Å². The second-order valence-corrected chi connectivity index (χ2v) is 5.71. The minimum atomic E-state index is 0.554. The Bertz CT molecular complexity index is 515. The van der Waals surface area contributed by atoms with Crippen molar-refractivity contribution in [1.29, 1.82) is 0 Å². The molecule has 0 spiro atoms. The normalized spacial score (nSPS) is 11.1. The van der Waals surface area contributed by atoms with Crippen LogP contribution in [0, 0.1) is 6.92 Å². The van der Waals surface area contributed by atoms with E-state index in [4.69, 9.17) is 0 Å². The van der Waals surface area contributed by atoms with Crippen molar-refractivity contribution in [3.8, 4) is 10.6 Å². The lowest BCUT2D eigenvalue weighted by Gasteiger charge is -2.09. The molecular weight excluding hydrogens is 246 g/mol. The molecule has 2 aromatic rings. The van der Waals surface area contributed by atoms with Crippen LogP contribution in [-0.2, 0) is 5.75 Å². The average Bonchev–Trinajstić information content (AvgIpc) is 2.77. The molecule has 0 radical (unpaired) electrons. The van der Waals surface area contributed by atoms with E-state index in [2.05, 4.69) is 62.0 Å². The van der Waals surface area contributed by atoms with Crippen LogP contribution in [0.25, 0.3) is 10.6 Å². The van der Waals surface area contributed by atoms with Gasteiger partial charge in [0.25, 0.3) is 0 Å². The van der Waals surface area contributed by atoms with Crippen molar-refractivity contribution in [2.24, 2.45) is 0 Å². The van der Waals surface area contributed by atoms with E-state index in [0.29, 0.717) is 11.7 Å². The minimum absolute atomic E-state index is 0.554. The fourth-order valence-electron chi connectivity index (χ4n) is 1.73. The summed E-state index contributed by atoms with van der Waals surface area (Å²) in [5.74, 6) is 1.26. The highest BCUT2D eigenvalue weighted by molar-refractivity contribution is 7.79. The summed E-state index contributed by atoms with van der Waals surface area (Å²) in [4.78, 5) is 4.60. The van der Waals surface area contributed by atoms with Gasteiger partial charge in [-0.05, 0) is 30.0 Å². The summed E-state index contributed by atoms with van der Waals surface area (Å²) in [6.45, 7) is 6.58. The van der Waals surface area contributed by atoms with E-state index >= 15 is 0 Å². The van der Waals surface area contributed by atoms with Crippen molar-refractivity contribution in [2.75, 3.05) is 0 Å². The Labute approximate surface area is 112 Å². The highest BCUT2D eigenvalue weighted by Crippen LogP contribution is 2.30. The van der Waals surface area contributed by atoms with Crippen LogP contribution in [0.2, 0.25) is 0 Å². The largest absolute Gasteiger partial charge is 0.240 e. The monoisotopic (exact) mass is 263 g/mol. The Kier molecular flexibility index (Phi) is 3.89. The van der Waals surface area contributed by atoms with E-state index in [9.17, 15) is 0 Å². The van der Waals surface area contributed by atoms with Crippen LogP contribution in [0.1, 0.15) is 36.6 Å². The molecule has 1 aromatic heterocycles. The fraction of sp³-hybridized carbons (Fsp3) is 0.357. The molecule has 1 aromatic carbocycles. The molecule has 17 heavy (non-hydrogen) atoms. The van der Waals surface area contributed by atoms with Gasteiger partial charge in [-0.25, -0.2) is 4.98 Å². The molecule has 0 aliphatic rings. The summed E-state index contributed by atoms with van der Waals surface area (Å²) >= 11 is 5.96. The zero-order valence-electron chi connectivity index (χ0n) is 10.4. The van der Waals surface area contributed by atoms with Crippen molar-refractivity contribution >= 4 is 24.0 Å². The number of thiazole rings is 1. The Morgan fingerprint density at radius 3 is 2.71 bits per heavy atom. The molecule has 0 saturated heterocycles. The van der Waals surface area contributed by atoms with Gasteiger partial charge in [-0.2, -0.15) is 12.6 Å². The predicted molar refractivity (Wildman–Crippen MR) is 79.1 cm³/mol. The smallest absolute Gasteiger partial charge is 0.123 e. The van der Waals surface area contributed by atoms with Crippen LogP contribution in [0.3, 0.4) is 0 Å². The molecule has 0 unspecified atom stereocenters. The molecule has 0 fully saturated rings. The van der Waals surface area contributed by atoms with E-state index in [1.807, 2.05) is 0 Å². The molecule has 1 nitrogen and oxygen atoms in total. The second kappa shape index (κ2) is 5.23. The quantitative estimate of drug-likeness (QED) is 0.794. The number of aromatic nitrogens is 1. The third-order valence-corrected chi connectivity index (χ3v) is 4.12. The van der Waals surface area contributed by atoms with Crippen LogP contribution < -0.4 is 0 Å². The van der Waals surface area contributed by atoms with E-state index in [1.165, 1.54) is 16.7 Å². The molecule has 0 amide bonds. The van der Waals surface area contributed by atoms with Crippen LogP contribution in [0.4, 0.5) is 0 Å². The third-order valence-electron chi connectivity index (χ3n) is 2.87. The summed E-state index contributed by atoms with van der Waals surface area (Å²) in [7, 11) is 0. The lowest BCUT2D eigenvalue weighted by molar-refractivity contribution is 0.866. The van der Waals surface area contributed by atoms with E-state index in [-0.39, 0.29) is 0 Å². The van der Waals surface area contributed by atoms with Gasteiger partial charge >= 0.3 is 0 Å². The first-order valence-electron chi connectivity index (χ1n) is 5.78. The number of nitrogens with zero attached hydrogens (tertiary/aromatic N) is 1. The third kappa shape index (κ3) is 2.72. The summed E-state index contributed by atoms with van der Waals surface area (Å²) in [6.07, 6.45) is 0. The lowest BCUT2D eigenvalue weighted by Crippen LogP contribution is -1.91. The standard InChI is InChI=1S/C14H17NS2/c1-9(2)11-5-4-10(3)13(6-11)14-15-12(7-16)8-17-14/h4-6,8-9,16H,7H2,1-3H3. The molecule has 90 valence electrons. The molecule has 0 saturated carbocycles. The average molecular weight is 263 g/mol. The zero-order chi connectivity index (χ0) is 12.4. The Morgan fingerprint density at radius 2 is 2.12 bits per heavy atom. The second-order valence-electron chi connectivity index (χ2n) is 4.53. The van der Waals surface area contributed by atoms with Gasteiger partial charge in [0, 0.05) is 16.7 Å². The van der Waals surface area contributed by atoms with Gasteiger partial charge in [0.05, 0.1) is 5.69 Å². The zero-order valence-corrected chi connectivity index (χ0v) is 12.1. The molecule has 2 rings (SSSR count).